The second-order valence-corrected chi connectivity index (χ2v) is 5.48. The van der Waals surface area contributed by atoms with E-state index < -0.39 is 5.97 Å². The van der Waals surface area contributed by atoms with Gasteiger partial charge in [0, 0.05) is 48.4 Å². The maximum atomic E-state index is 12.6. The van der Waals surface area contributed by atoms with Crippen molar-refractivity contribution >= 4 is 29.7 Å². The molecule has 1 amide bonds. The molecule has 1 atom stereocenters. The molecule has 6 heteroatoms. The van der Waals surface area contributed by atoms with Gasteiger partial charge in [-0.05, 0) is 24.8 Å². The molecule has 0 spiro atoms. The summed E-state index contributed by atoms with van der Waals surface area (Å²) >= 11 is 1.70. The Morgan fingerprint density at radius 2 is 2.24 bits per heavy atom. The van der Waals surface area contributed by atoms with E-state index in [0.717, 1.165) is 18.2 Å². The van der Waals surface area contributed by atoms with Crippen LogP contribution < -0.4 is 0 Å². The summed E-state index contributed by atoms with van der Waals surface area (Å²) < 4.78 is 0. The normalized spacial score (nSPS) is 12.3. The Morgan fingerprint density at radius 1 is 1.52 bits per heavy atom. The van der Waals surface area contributed by atoms with E-state index >= 15 is 0 Å². The molecule has 21 heavy (non-hydrogen) atoms. The highest BCUT2D eigenvalue weighted by Gasteiger charge is 2.21. The van der Waals surface area contributed by atoms with Gasteiger partial charge in [-0.25, -0.2) is 4.79 Å². The van der Waals surface area contributed by atoms with Gasteiger partial charge in [-0.3, -0.25) is 9.78 Å². The Labute approximate surface area is 129 Å². The summed E-state index contributed by atoms with van der Waals surface area (Å²) in [6.45, 7) is 2.04. The third-order valence-corrected chi connectivity index (χ3v) is 3.90. The number of nitrogens with zero attached hydrogens (tertiary/aromatic N) is 2. The van der Waals surface area contributed by atoms with E-state index in [4.69, 9.17) is 5.11 Å². The molecular weight excluding hydrogens is 288 g/mol. The van der Waals surface area contributed by atoms with Crippen molar-refractivity contribution in [1.29, 1.82) is 0 Å². The Morgan fingerprint density at radius 3 is 2.81 bits per heavy atom. The lowest BCUT2D eigenvalue weighted by atomic mass is 10.1. The van der Waals surface area contributed by atoms with E-state index in [0.29, 0.717) is 11.1 Å². The first-order valence-corrected chi connectivity index (χ1v) is 8.01. The van der Waals surface area contributed by atoms with Crippen molar-refractivity contribution in [1.82, 2.24) is 9.88 Å². The van der Waals surface area contributed by atoms with E-state index in [-0.39, 0.29) is 11.9 Å². The van der Waals surface area contributed by atoms with Crippen LogP contribution >= 0.6 is 11.8 Å². The maximum Gasteiger partial charge on any atom is 0.328 e. The van der Waals surface area contributed by atoms with Crippen LogP contribution in [0.2, 0.25) is 0 Å². The van der Waals surface area contributed by atoms with Gasteiger partial charge in [0.1, 0.15) is 0 Å². The predicted molar refractivity (Wildman–Crippen MR) is 85.5 cm³/mol. The van der Waals surface area contributed by atoms with E-state index in [2.05, 4.69) is 4.98 Å². The molecule has 0 bridgehead atoms. The summed E-state index contributed by atoms with van der Waals surface area (Å²) in [6, 6.07) is 1.77. The molecule has 0 aromatic carbocycles. The molecule has 0 fully saturated rings. The summed E-state index contributed by atoms with van der Waals surface area (Å²) in [5.74, 6) is -0.313. The number of carbonyl (C=O) groups excluding carboxylic acids is 1. The molecule has 0 saturated heterocycles. The number of aliphatic carboxylic acids is 1. The number of rotatable bonds is 7. The number of hydrogen-bond donors (Lipinski definition) is 1. The maximum absolute atomic E-state index is 12.6. The van der Waals surface area contributed by atoms with Gasteiger partial charge in [-0.15, -0.1) is 0 Å². The second kappa shape index (κ2) is 8.46. The van der Waals surface area contributed by atoms with Crippen molar-refractivity contribution in [2.75, 3.05) is 19.1 Å². The van der Waals surface area contributed by atoms with E-state index in [1.165, 1.54) is 18.5 Å². The highest BCUT2D eigenvalue weighted by atomic mass is 32.2. The molecule has 1 rings (SSSR count). The van der Waals surface area contributed by atoms with Crippen molar-refractivity contribution in [3.63, 3.8) is 0 Å². The Kier molecular flexibility index (Phi) is 6.94. The molecule has 0 radical (unpaired) electrons. The van der Waals surface area contributed by atoms with Gasteiger partial charge in [0.15, 0.2) is 0 Å². The number of carboxylic acid groups (broad SMARTS) is 1. The van der Waals surface area contributed by atoms with Crippen LogP contribution in [0.4, 0.5) is 0 Å². The Balaban J connectivity index is 3.04. The number of pyridine rings is 1. The summed E-state index contributed by atoms with van der Waals surface area (Å²) in [6.07, 6.45) is 8.31. The molecule has 114 valence electrons. The zero-order chi connectivity index (χ0) is 15.8. The first-order chi connectivity index (χ1) is 10.0. The minimum Gasteiger partial charge on any atom is -0.478 e. The van der Waals surface area contributed by atoms with Gasteiger partial charge < -0.3 is 10.0 Å². The predicted octanol–water partition coefficient (Wildman–Crippen LogP) is 2.39. The molecule has 1 heterocycles. The minimum absolute atomic E-state index is 0.122. The van der Waals surface area contributed by atoms with Crippen LogP contribution in [0.5, 0.6) is 0 Å². The molecule has 1 unspecified atom stereocenters. The average molecular weight is 308 g/mol. The largest absolute Gasteiger partial charge is 0.478 e. The molecule has 0 aliphatic heterocycles. The lowest BCUT2D eigenvalue weighted by molar-refractivity contribution is -0.131. The van der Waals surface area contributed by atoms with Gasteiger partial charge in [0.25, 0.3) is 5.91 Å². The lowest BCUT2D eigenvalue weighted by Gasteiger charge is -2.27. The fraction of sp³-hybridized carbons (Fsp3) is 0.400. The fourth-order valence-corrected chi connectivity index (χ4v) is 2.79. The van der Waals surface area contributed by atoms with Crippen molar-refractivity contribution in [3.8, 4) is 0 Å². The molecule has 1 aromatic rings. The molecule has 0 aliphatic rings. The molecule has 0 aliphatic carbocycles. The topological polar surface area (TPSA) is 70.5 Å². The van der Waals surface area contributed by atoms with Crippen molar-refractivity contribution in [3.05, 3.63) is 35.7 Å². The number of carbonyl (C=O) groups is 2. The quantitative estimate of drug-likeness (QED) is 0.783. The third-order valence-electron chi connectivity index (χ3n) is 3.19. The van der Waals surface area contributed by atoms with Crippen LogP contribution in [0.3, 0.4) is 0 Å². The lowest BCUT2D eigenvalue weighted by Crippen LogP contribution is -2.38. The zero-order valence-electron chi connectivity index (χ0n) is 12.4. The van der Waals surface area contributed by atoms with Crippen LogP contribution in [0.15, 0.2) is 24.5 Å². The van der Waals surface area contributed by atoms with E-state index in [1.807, 2.05) is 13.2 Å². The van der Waals surface area contributed by atoms with E-state index in [1.54, 1.807) is 29.8 Å². The molecule has 1 aromatic heterocycles. The minimum atomic E-state index is -1.06. The molecular formula is C15H20N2O3S. The molecule has 5 nitrogen and oxygen atoms in total. The van der Waals surface area contributed by atoms with Gasteiger partial charge >= 0.3 is 5.97 Å². The third kappa shape index (κ3) is 4.90. The van der Waals surface area contributed by atoms with Gasteiger partial charge in [-0.1, -0.05) is 6.92 Å². The van der Waals surface area contributed by atoms with Crippen molar-refractivity contribution < 1.29 is 14.7 Å². The SMILES string of the molecule is CCC(CSC)N(C)C(=O)c1ccncc1/C=C/C(=O)O. The summed E-state index contributed by atoms with van der Waals surface area (Å²) in [4.78, 5) is 28.9. The monoisotopic (exact) mass is 308 g/mol. The van der Waals surface area contributed by atoms with Crippen LogP contribution in [0, 0.1) is 0 Å². The number of carboxylic acids is 1. The molecule has 1 N–H and O–H groups in total. The Bertz CT molecular complexity index is 531. The van der Waals surface area contributed by atoms with E-state index in [9.17, 15) is 9.59 Å². The van der Waals surface area contributed by atoms with Crippen LogP contribution in [-0.2, 0) is 4.79 Å². The van der Waals surface area contributed by atoms with Crippen LogP contribution in [-0.4, -0.2) is 52.0 Å². The number of amides is 1. The van der Waals surface area contributed by atoms with Crippen LogP contribution in [0.1, 0.15) is 29.3 Å². The Hall–Kier alpha value is -1.82. The number of aromatic nitrogens is 1. The second-order valence-electron chi connectivity index (χ2n) is 4.57. The number of hydrogen-bond acceptors (Lipinski definition) is 4. The first kappa shape index (κ1) is 17.2. The first-order valence-electron chi connectivity index (χ1n) is 6.62. The highest BCUT2D eigenvalue weighted by molar-refractivity contribution is 7.98. The van der Waals surface area contributed by atoms with Gasteiger partial charge in [-0.2, -0.15) is 11.8 Å². The number of thioether (sulfide) groups is 1. The fourth-order valence-electron chi connectivity index (χ4n) is 1.95. The summed E-state index contributed by atoms with van der Waals surface area (Å²) in [5.41, 5.74) is 0.973. The van der Waals surface area contributed by atoms with Gasteiger partial charge in [0.05, 0.1) is 0 Å². The average Bonchev–Trinajstić information content (AvgIpc) is 2.49. The van der Waals surface area contributed by atoms with Crippen molar-refractivity contribution in [2.45, 2.75) is 19.4 Å². The highest BCUT2D eigenvalue weighted by Crippen LogP contribution is 2.16. The van der Waals surface area contributed by atoms with Gasteiger partial charge in [0.2, 0.25) is 0 Å². The van der Waals surface area contributed by atoms with Crippen LogP contribution in [0.25, 0.3) is 6.08 Å². The standard InChI is InChI=1S/C15H20N2O3S/c1-4-12(10-21-3)17(2)15(20)13-7-8-16-9-11(13)5-6-14(18)19/h5-9,12H,4,10H2,1-3H3,(H,18,19)/b6-5+. The smallest absolute Gasteiger partial charge is 0.328 e. The summed E-state index contributed by atoms with van der Waals surface area (Å²) in [7, 11) is 1.78. The summed E-state index contributed by atoms with van der Waals surface area (Å²) in [5, 5.41) is 8.70. The molecule has 0 saturated carbocycles. The zero-order valence-corrected chi connectivity index (χ0v) is 13.3. The van der Waals surface area contributed by atoms with Crippen molar-refractivity contribution in [2.24, 2.45) is 0 Å².